The van der Waals surface area contributed by atoms with E-state index in [1.54, 1.807) is 7.11 Å². The molecule has 0 saturated carbocycles. The smallest absolute Gasteiger partial charge is 0.192 e. The molecular formula is C29H54O5Si2. The van der Waals surface area contributed by atoms with Crippen LogP contribution in [0.15, 0.2) is 24.3 Å². The Balaban J connectivity index is 2.31. The molecular weight excluding hydrogens is 484 g/mol. The minimum Gasteiger partial charge on any atom is -0.497 e. The molecule has 0 unspecified atom stereocenters. The second-order valence-electron chi connectivity index (χ2n) is 14.0. The van der Waals surface area contributed by atoms with Crippen molar-refractivity contribution in [2.75, 3.05) is 13.7 Å². The lowest BCUT2D eigenvalue weighted by molar-refractivity contribution is -0.254. The zero-order valence-electron chi connectivity index (χ0n) is 25.6. The molecule has 1 aliphatic heterocycles. The van der Waals surface area contributed by atoms with Gasteiger partial charge in [-0.25, -0.2) is 0 Å². The van der Waals surface area contributed by atoms with E-state index in [2.05, 4.69) is 101 Å². The summed E-state index contributed by atoms with van der Waals surface area (Å²) < 4.78 is 32.5. The van der Waals surface area contributed by atoms with Crippen LogP contribution in [0.5, 0.6) is 5.75 Å². The summed E-state index contributed by atoms with van der Waals surface area (Å²) in [6.07, 6.45) is -0.284. The molecule has 1 saturated heterocycles. The fourth-order valence-corrected chi connectivity index (χ4v) is 6.83. The molecule has 208 valence electrons. The summed E-state index contributed by atoms with van der Waals surface area (Å²) in [5.41, 5.74) is 0.566. The largest absolute Gasteiger partial charge is 0.497 e. The molecule has 0 amide bonds. The molecule has 36 heavy (non-hydrogen) atoms. The fraction of sp³-hybridized carbons (Fsp3) is 0.793. The van der Waals surface area contributed by atoms with Crippen LogP contribution in [0, 0.1) is 5.92 Å². The molecule has 0 aromatic heterocycles. The van der Waals surface area contributed by atoms with Crippen LogP contribution in [-0.2, 0) is 24.9 Å². The highest BCUT2D eigenvalue weighted by molar-refractivity contribution is 6.74. The molecule has 0 aliphatic carbocycles. The van der Waals surface area contributed by atoms with Crippen molar-refractivity contribution in [3.63, 3.8) is 0 Å². The number of hydrogen-bond donors (Lipinski definition) is 0. The van der Waals surface area contributed by atoms with Crippen LogP contribution in [0.1, 0.15) is 67.9 Å². The maximum absolute atomic E-state index is 7.14. The van der Waals surface area contributed by atoms with E-state index >= 15 is 0 Å². The van der Waals surface area contributed by atoms with Gasteiger partial charge < -0.3 is 23.1 Å². The summed E-state index contributed by atoms with van der Waals surface area (Å²) in [6, 6.07) is 8.06. The molecule has 1 aliphatic rings. The number of rotatable bonds is 9. The van der Waals surface area contributed by atoms with Gasteiger partial charge in [0.2, 0.25) is 0 Å². The Bertz CT molecular complexity index is 841. The molecule has 0 N–H and O–H groups in total. The van der Waals surface area contributed by atoms with Gasteiger partial charge in [-0.3, -0.25) is 0 Å². The fourth-order valence-electron chi connectivity index (χ4n) is 4.30. The highest BCUT2D eigenvalue weighted by Gasteiger charge is 2.54. The molecule has 5 nitrogen and oxygen atoms in total. The van der Waals surface area contributed by atoms with Gasteiger partial charge in [-0.15, -0.1) is 0 Å². The van der Waals surface area contributed by atoms with Crippen molar-refractivity contribution < 1.29 is 23.1 Å². The number of benzene rings is 1. The number of ether oxygens (including phenoxy) is 3. The lowest BCUT2D eigenvalue weighted by Gasteiger charge is -2.54. The third-order valence-corrected chi connectivity index (χ3v) is 17.8. The maximum atomic E-state index is 7.14. The van der Waals surface area contributed by atoms with Crippen LogP contribution in [0.25, 0.3) is 0 Å². The zero-order chi connectivity index (χ0) is 27.7. The summed E-state index contributed by atoms with van der Waals surface area (Å²) in [5, 5.41) is 0.228. The highest BCUT2D eigenvalue weighted by atomic mass is 28.4. The van der Waals surface area contributed by atoms with Gasteiger partial charge in [-0.1, -0.05) is 60.6 Å². The molecule has 1 aromatic carbocycles. The van der Waals surface area contributed by atoms with Gasteiger partial charge in [-0.05, 0) is 67.8 Å². The Morgan fingerprint density at radius 1 is 0.889 bits per heavy atom. The minimum atomic E-state index is -2.08. The van der Waals surface area contributed by atoms with Crippen molar-refractivity contribution in [3.05, 3.63) is 29.8 Å². The molecule has 1 heterocycles. The average molecular weight is 539 g/mol. The Kier molecular flexibility index (Phi) is 9.79. The van der Waals surface area contributed by atoms with Crippen LogP contribution < -0.4 is 4.74 Å². The van der Waals surface area contributed by atoms with Crippen LogP contribution in [-0.4, -0.2) is 54.3 Å². The van der Waals surface area contributed by atoms with E-state index in [0.29, 0.717) is 13.2 Å². The molecule has 0 radical (unpaired) electrons. The van der Waals surface area contributed by atoms with Crippen LogP contribution in [0.3, 0.4) is 0 Å². The van der Waals surface area contributed by atoms with E-state index in [4.69, 9.17) is 23.1 Å². The second kappa shape index (κ2) is 11.2. The van der Waals surface area contributed by atoms with Crippen molar-refractivity contribution in [1.29, 1.82) is 0 Å². The van der Waals surface area contributed by atoms with E-state index in [-0.39, 0.29) is 34.3 Å². The first-order valence-corrected chi connectivity index (χ1v) is 19.3. The third kappa shape index (κ3) is 7.23. The Morgan fingerprint density at radius 3 is 1.89 bits per heavy atom. The Labute approximate surface area is 223 Å². The van der Waals surface area contributed by atoms with Crippen LogP contribution in [0.2, 0.25) is 36.3 Å². The SMILES string of the molecule is COc1ccc(CO[C@H]2[C@H](C)[C@@H](O[Si](C)(C)C(C)(C)C)[C@](C)(CO[Si](C)(C)C(C)(C)C)O[C@@H]2C)cc1. The van der Waals surface area contributed by atoms with E-state index in [1.807, 2.05) is 12.1 Å². The van der Waals surface area contributed by atoms with E-state index in [1.165, 1.54) is 0 Å². The number of hydrogen-bond acceptors (Lipinski definition) is 5. The van der Waals surface area contributed by atoms with E-state index < -0.39 is 22.2 Å². The van der Waals surface area contributed by atoms with E-state index in [0.717, 1.165) is 11.3 Å². The molecule has 2 rings (SSSR count). The first-order chi connectivity index (χ1) is 16.2. The molecule has 7 heteroatoms. The Hall–Kier alpha value is -0.706. The first-order valence-electron chi connectivity index (χ1n) is 13.5. The van der Waals surface area contributed by atoms with Crippen LogP contribution >= 0.6 is 0 Å². The van der Waals surface area contributed by atoms with Gasteiger partial charge in [0.15, 0.2) is 16.6 Å². The lowest BCUT2D eigenvalue weighted by atomic mass is 9.81. The van der Waals surface area contributed by atoms with Crippen molar-refractivity contribution in [3.8, 4) is 5.75 Å². The molecule has 1 aromatic rings. The normalized spacial score (nSPS) is 28.3. The summed E-state index contributed by atoms with van der Waals surface area (Å²) >= 11 is 0. The maximum Gasteiger partial charge on any atom is 0.192 e. The van der Waals surface area contributed by atoms with Crippen molar-refractivity contribution in [2.45, 2.75) is 129 Å². The first kappa shape index (κ1) is 31.5. The van der Waals surface area contributed by atoms with Crippen molar-refractivity contribution >= 4 is 16.6 Å². The van der Waals surface area contributed by atoms with Gasteiger partial charge in [0.05, 0.1) is 38.6 Å². The average Bonchev–Trinajstić information content (AvgIpc) is 2.74. The van der Waals surface area contributed by atoms with Gasteiger partial charge in [-0.2, -0.15) is 0 Å². The quantitative estimate of drug-likeness (QED) is 0.300. The number of methoxy groups -OCH3 is 1. The predicted octanol–water partition coefficient (Wildman–Crippen LogP) is 7.81. The summed E-state index contributed by atoms with van der Waals surface area (Å²) in [6.45, 7) is 30.6. The highest BCUT2D eigenvalue weighted by Crippen LogP contribution is 2.45. The molecule has 0 spiro atoms. The van der Waals surface area contributed by atoms with Crippen molar-refractivity contribution in [1.82, 2.24) is 0 Å². The van der Waals surface area contributed by atoms with Gasteiger partial charge in [0.25, 0.3) is 0 Å². The molecule has 5 atom stereocenters. The Morgan fingerprint density at radius 2 is 1.42 bits per heavy atom. The summed E-state index contributed by atoms with van der Waals surface area (Å²) in [4.78, 5) is 0. The van der Waals surface area contributed by atoms with Crippen LogP contribution in [0.4, 0.5) is 0 Å². The monoisotopic (exact) mass is 538 g/mol. The molecule has 0 bridgehead atoms. The van der Waals surface area contributed by atoms with Gasteiger partial charge in [0, 0.05) is 5.92 Å². The zero-order valence-corrected chi connectivity index (χ0v) is 27.6. The third-order valence-electron chi connectivity index (χ3n) is 8.87. The summed E-state index contributed by atoms with van der Waals surface area (Å²) in [5.74, 6) is 0.996. The minimum absolute atomic E-state index is 0.0782. The lowest BCUT2D eigenvalue weighted by Crippen LogP contribution is -2.65. The van der Waals surface area contributed by atoms with Gasteiger partial charge in [0.1, 0.15) is 11.4 Å². The predicted molar refractivity (Wildman–Crippen MR) is 155 cm³/mol. The van der Waals surface area contributed by atoms with Crippen molar-refractivity contribution in [2.24, 2.45) is 5.92 Å². The summed E-state index contributed by atoms with van der Waals surface area (Å²) in [7, 11) is -2.35. The standard InChI is InChI=1S/C29H54O5Si2/c1-21-25(31-19-23-15-17-24(30-10)18-16-23)22(2)33-29(9,20-32-35(11,12)27(3,4)5)26(21)34-36(13,14)28(6,7)8/h15-18,21-22,25-26H,19-20H2,1-14H3/t21-,22+,25-,26+,29-/m0/s1. The van der Waals surface area contributed by atoms with E-state index in [9.17, 15) is 0 Å². The topological polar surface area (TPSA) is 46.2 Å². The van der Waals surface area contributed by atoms with Gasteiger partial charge >= 0.3 is 0 Å². The second-order valence-corrected chi connectivity index (χ2v) is 23.5. The molecule has 1 fully saturated rings.